The van der Waals surface area contributed by atoms with E-state index >= 15 is 0 Å². The van der Waals surface area contributed by atoms with E-state index in [1.54, 1.807) is 0 Å². The van der Waals surface area contributed by atoms with Gasteiger partial charge in [-0.1, -0.05) is 47.5 Å². The normalized spacial score (nSPS) is 18.1. The highest BCUT2D eigenvalue weighted by atomic mass is 35.5. The number of carbonyl (C=O) groups excluding carboxylic acids is 1. The molecule has 2 N–H and O–H groups in total. The molecular weight excluding hydrogens is 508 g/mol. The molecule has 3 atom stereocenters. The van der Waals surface area contributed by atoms with Crippen molar-refractivity contribution in [3.05, 3.63) is 69.7 Å². The van der Waals surface area contributed by atoms with E-state index in [0.29, 0.717) is 23.2 Å². The van der Waals surface area contributed by atoms with Gasteiger partial charge in [-0.15, -0.1) is 0 Å². The Morgan fingerprint density at radius 3 is 2.11 bits per heavy atom. The van der Waals surface area contributed by atoms with Crippen molar-refractivity contribution < 1.29 is 32.6 Å². The number of aliphatic carboxylic acids is 1. The zero-order valence-corrected chi connectivity index (χ0v) is 20.7. The molecule has 0 aromatic heterocycles. The van der Waals surface area contributed by atoms with Gasteiger partial charge in [0.25, 0.3) is 5.91 Å². The number of carboxylic acids is 1. The number of amides is 1. The van der Waals surface area contributed by atoms with E-state index in [1.165, 1.54) is 5.56 Å². The Balaban J connectivity index is 0.000000540. The Morgan fingerprint density at radius 2 is 1.63 bits per heavy atom. The average molecular weight is 535 g/mol. The standard InChI is InChI=1S/C22H26Cl2N2O2.C2HF3O2/c1-15(25-22(27)21-14-26(2)11-12-28-21)20(17-5-9-19(24)10-6-17)13-16-3-7-18(23)8-4-16;3-2(4,5)1(6)7/h3-10,15,20-21H,11-14H2,1-2H3,(H,25,27);(H,6,7). The van der Waals surface area contributed by atoms with Gasteiger partial charge in [0.1, 0.15) is 6.10 Å². The van der Waals surface area contributed by atoms with Crippen molar-refractivity contribution in [2.45, 2.75) is 37.6 Å². The van der Waals surface area contributed by atoms with E-state index in [-0.39, 0.29) is 17.9 Å². The molecule has 0 spiro atoms. The minimum atomic E-state index is -5.08. The number of carbonyl (C=O) groups is 2. The summed E-state index contributed by atoms with van der Waals surface area (Å²) in [6.07, 6.45) is -4.73. The summed E-state index contributed by atoms with van der Waals surface area (Å²) in [5.74, 6) is -2.72. The van der Waals surface area contributed by atoms with E-state index < -0.39 is 18.2 Å². The minimum Gasteiger partial charge on any atom is -0.475 e. The third kappa shape index (κ3) is 9.68. The zero-order valence-electron chi connectivity index (χ0n) is 19.2. The number of halogens is 5. The number of likely N-dealkylation sites (N-methyl/N-ethyl adjacent to an activating group) is 1. The van der Waals surface area contributed by atoms with Gasteiger partial charge in [-0.2, -0.15) is 13.2 Å². The van der Waals surface area contributed by atoms with E-state index in [9.17, 15) is 18.0 Å². The number of nitrogens with one attached hydrogen (secondary N) is 1. The van der Waals surface area contributed by atoms with E-state index in [2.05, 4.69) is 10.2 Å². The monoisotopic (exact) mass is 534 g/mol. The first-order valence-electron chi connectivity index (χ1n) is 10.8. The van der Waals surface area contributed by atoms with Crippen LogP contribution >= 0.6 is 23.2 Å². The molecule has 1 saturated heterocycles. The Hall–Kier alpha value is -2.33. The lowest BCUT2D eigenvalue weighted by Gasteiger charge is -2.32. The van der Waals surface area contributed by atoms with E-state index in [4.69, 9.17) is 37.8 Å². The maximum absolute atomic E-state index is 12.7. The molecule has 6 nitrogen and oxygen atoms in total. The van der Waals surface area contributed by atoms with Crippen LogP contribution in [0.2, 0.25) is 10.0 Å². The Morgan fingerprint density at radius 1 is 1.11 bits per heavy atom. The second kappa shape index (κ2) is 13.1. The van der Waals surface area contributed by atoms with Crippen molar-refractivity contribution in [2.75, 3.05) is 26.7 Å². The number of rotatable bonds is 6. The number of hydrogen-bond donors (Lipinski definition) is 2. The van der Waals surface area contributed by atoms with Crippen LogP contribution in [0.3, 0.4) is 0 Å². The quantitative estimate of drug-likeness (QED) is 0.557. The molecule has 0 radical (unpaired) electrons. The summed E-state index contributed by atoms with van der Waals surface area (Å²) >= 11 is 12.1. The molecule has 1 heterocycles. The molecule has 1 fully saturated rings. The van der Waals surface area contributed by atoms with Crippen LogP contribution in [-0.4, -0.2) is 66.9 Å². The molecule has 0 aliphatic carbocycles. The highest BCUT2D eigenvalue weighted by Gasteiger charge is 2.38. The van der Waals surface area contributed by atoms with Gasteiger partial charge >= 0.3 is 12.1 Å². The largest absolute Gasteiger partial charge is 0.490 e. The Labute approximate surface area is 212 Å². The first-order valence-corrected chi connectivity index (χ1v) is 11.5. The fraction of sp³-hybridized carbons (Fsp3) is 0.417. The van der Waals surface area contributed by atoms with Crippen LogP contribution in [0.25, 0.3) is 0 Å². The van der Waals surface area contributed by atoms with Gasteiger partial charge < -0.3 is 20.1 Å². The third-order valence-corrected chi connectivity index (χ3v) is 5.95. The predicted octanol–water partition coefficient (Wildman–Crippen LogP) is 4.79. The Kier molecular flexibility index (Phi) is 10.8. The molecule has 2 aromatic rings. The van der Waals surface area contributed by atoms with Crippen molar-refractivity contribution >= 4 is 35.1 Å². The lowest BCUT2D eigenvalue weighted by molar-refractivity contribution is -0.192. The molecule has 1 amide bonds. The lowest BCUT2D eigenvalue weighted by atomic mass is 9.86. The summed E-state index contributed by atoms with van der Waals surface area (Å²) in [5, 5.41) is 11.7. The fourth-order valence-corrected chi connectivity index (χ4v) is 3.77. The number of morpholine rings is 1. The van der Waals surface area contributed by atoms with Crippen molar-refractivity contribution in [1.82, 2.24) is 10.2 Å². The van der Waals surface area contributed by atoms with Gasteiger partial charge in [0, 0.05) is 35.1 Å². The van der Waals surface area contributed by atoms with Gasteiger partial charge in [-0.05, 0) is 55.8 Å². The van der Waals surface area contributed by atoms with Crippen molar-refractivity contribution in [2.24, 2.45) is 0 Å². The predicted molar refractivity (Wildman–Crippen MR) is 128 cm³/mol. The van der Waals surface area contributed by atoms with Crippen molar-refractivity contribution in [1.29, 1.82) is 0 Å². The summed E-state index contributed by atoms with van der Waals surface area (Å²) in [5.41, 5.74) is 2.30. The molecule has 3 unspecified atom stereocenters. The molecule has 11 heteroatoms. The number of nitrogens with zero attached hydrogens (tertiary/aromatic N) is 1. The van der Waals surface area contributed by atoms with Crippen LogP contribution in [-0.2, 0) is 20.7 Å². The van der Waals surface area contributed by atoms with Crippen LogP contribution < -0.4 is 5.32 Å². The van der Waals surface area contributed by atoms with Crippen LogP contribution in [0.15, 0.2) is 48.5 Å². The van der Waals surface area contributed by atoms with Crippen LogP contribution in [0, 0.1) is 0 Å². The SMILES string of the molecule is CC(NC(=O)C1CN(C)CCO1)C(Cc1ccc(Cl)cc1)c1ccc(Cl)cc1.O=C(O)C(F)(F)F. The molecule has 2 aromatic carbocycles. The second-order valence-corrected chi connectivity index (χ2v) is 9.08. The maximum atomic E-state index is 12.7. The number of benzene rings is 2. The van der Waals surface area contributed by atoms with E-state index in [0.717, 1.165) is 18.5 Å². The highest BCUT2D eigenvalue weighted by molar-refractivity contribution is 6.30. The van der Waals surface area contributed by atoms with Crippen LogP contribution in [0.5, 0.6) is 0 Å². The molecule has 1 aliphatic heterocycles. The molecule has 35 heavy (non-hydrogen) atoms. The lowest BCUT2D eigenvalue weighted by Crippen LogP contribution is -2.51. The summed E-state index contributed by atoms with van der Waals surface area (Å²) < 4.78 is 37.4. The molecule has 1 aliphatic rings. The molecule has 0 bridgehead atoms. The summed E-state index contributed by atoms with van der Waals surface area (Å²) in [6.45, 7) is 4.08. The van der Waals surface area contributed by atoms with Gasteiger partial charge in [-0.25, -0.2) is 4.79 Å². The minimum absolute atomic E-state index is 0.0610. The van der Waals surface area contributed by atoms with Crippen molar-refractivity contribution in [3.8, 4) is 0 Å². The maximum Gasteiger partial charge on any atom is 0.490 e. The van der Waals surface area contributed by atoms with Crippen LogP contribution in [0.4, 0.5) is 13.2 Å². The van der Waals surface area contributed by atoms with Gasteiger partial charge in [0.15, 0.2) is 0 Å². The smallest absolute Gasteiger partial charge is 0.475 e. The van der Waals surface area contributed by atoms with Crippen LogP contribution in [0.1, 0.15) is 24.0 Å². The second-order valence-electron chi connectivity index (χ2n) is 8.21. The zero-order chi connectivity index (χ0) is 26.2. The van der Waals surface area contributed by atoms with Gasteiger partial charge in [-0.3, -0.25) is 4.79 Å². The van der Waals surface area contributed by atoms with Crippen molar-refractivity contribution in [3.63, 3.8) is 0 Å². The fourth-order valence-electron chi connectivity index (χ4n) is 3.52. The first-order chi connectivity index (χ1) is 16.4. The van der Waals surface area contributed by atoms with Gasteiger partial charge in [0.2, 0.25) is 0 Å². The van der Waals surface area contributed by atoms with E-state index in [1.807, 2.05) is 62.5 Å². The summed E-state index contributed by atoms with van der Waals surface area (Å²) in [4.78, 5) is 23.7. The number of carboxylic acid groups (broad SMARTS) is 1. The molecule has 0 saturated carbocycles. The number of hydrogen-bond acceptors (Lipinski definition) is 4. The highest BCUT2D eigenvalue weighted by Crippen LogP contribution is 2.27. The number of alkyl halides is 3. The molecule has 192 valence electrons. The molecule has 3 rings (SSSR count). The third-order valence-electron chi connectivity index (χ3n) is 5.44. The molecular formula is C24H27Cl2F3N2O4. The summed E-state index contributed by atoms with van der Waals surface area (Å²) in [7, 11) is 2.00. The number of ether oxygens (including phenoxy) is 1. The Bertz CT molecular complexity index is 972. The summed E-state index contributed by atoms with van der Waals surface area (Å²) in [6, 6.07) is 15.6. The average Bonchev–Trinajstić information content (AvgIpc) is 2.79. The van der Waals surface area contributed by atoms with Gasteiger partial charge in [0.05, 0.1) is 6.61 Å². The first kappa shape index (κ1) is 28.9. The topological polar surface area (TPSA) is 78.9 Å².